The minimum Gasteiger partial charge on any atom is -0.396 e. The largest absolute Gasteiger partial charge is 0.396 e. The maximum atomic E-state index is 11.1. The van der Waals surface area contributed by atoms with Gasteiger partial charge in [0.15, 0.2) is 0 Å². The molecule has 14 heavy (non-hydrogen) atoms. The second-order valence-electron chi connectivity index (χ2n) is 3.05. The topological polar surface area (TPSA) is 85.2 Å². The Labute approximate surface area is 84.1 Å². The van der Waals surface area contributed by atoms with Crippen LogP contribution in [0.4, 0.5) is 0 Å². The number of amides is 1. The van der Waals surface area contributed by atoms with E-state index >= 15 is 0 Å². The highest BCUT2D eigenvalue weighted by Crippen LogP contribution is 1.86. The van der Waals surface area contributed by atoms with Crippen molar-refractivity contribution in [2.45, 2.75) is 25.8 Å². The number of aliphatic hydroxyl groups is 1. The van der Waals surface area contributed by atoms with Crippen molar-refractivity contribution in [3.8, 4) is 6.07 Å². The van der Waals surface area contributed by atoms with E-state index in [-0.39, 0.29) is 25.1 Å². The van der Waals surface area contributed by atoms with Crippen LogP contribution in [0.15, 0.2) is 0 Å². The summed E-state index contributed by atoms with van der Waals surface area (Å²) >= 11 is 0. The predicted molar refractivity (Wildman–Crippen MR) is 52.4 cm³/mol. The first kappa shape index (κ1) is 12.9. The monoisotopic (exact) mass is 199 g/mol. The molecule has 0 heterocycles. The van der Waals surface area contributed by atoms with Gasteiger partial charge in [-0.05, 0) is 13.3 Å². The number of carbonyl (C=O) groups excluding carboxylic acids is 1. The summed E-state index contributed by atoms with van der Waals surface area (Å²) in [6, 6.07) is 2.07. The van der Waals surface area contributed by atoms with Gasteiger partial charge < -0.3 is 15.7 Å². The minimum atomic E-state index is -0.120. The summed E-state index contributed by atoms with van der Waals surface area (Å²) in [6.45, 7) is 2.64. The molecular formula is C9H17N3O2. The van der Waals surface area contributed by atoms with E-state index in [4.69, 9.17) is 10.4 Å². The van der Waals surface area contributed by atoms with Gasteiger partial charge in [0.25, 0.3) is 0 Å². The summed E-state index contributed by atoms with van der Waals surface area (Å²) in [4.78, 5) is 11.1. The molecule has 0 aliphatic rings. The van der Waals surface area contributed by atoms with Crippen molar-refractivity contribution >= 4 is 5.91 Å². The van der Waals surface area contributed by atoms with Gasteiger partial charge in [0.05, 0.1) is 19.0 Å². The number of nitrogens with one attached hydrogen (secondary N) is 2. The van der Waals surface area contributed by atoms with Crippen molar-refractivity contribution in [2.24, 2.45) is 0 Å². The quantitative estimate of drug-likeness (QED) is 0.477. The molecule has 0 saturated carbocycles. The minimum absolute atomic E-state index is 0.115. The summed E-state index contributed by atoms with van der Waals surface area (Å²) in [5.74, 6) is -0.120. The van der Waals surface area contributed by atoms with Crippen LogP contribution in [-0.4, -0.2) is 36.8 Å². The molecule has 0 aromatic heterocycles. The lowest BCUT2D eigenvalue weighted by Gasteiger charge is -2.11. The van der Waals surface area contributed by atoms with Crippen LogP contribution in [0.25, 0.3) is 0 Å². The van der Waals surface area contributed by atoms with Gasteiger partial charge in [-0.25, -0.2) is 0 Å². The highest BCUT2D eigenvalue weighted by Gasteiger charge is 2.03. The van der Waals surface area contributed by atoms with Crippen LogP contribution in [0.5, 0.6) is 0 Å². The predicted octanol–water partition coefficient (Wildman–Crippen LogP) is -0.623. The number of nitrogens with zero attached hydrogens (tertiary/aromatic N) is 1. The number of aliphatic hydroxyl groups excluding tert-OH is 1. The molecule has 0 aromatic rings. The van der Waals surface area contributed by atoms with Crippen molar-refractivity contribution in [1.29, 1.82) is 5.26 Å². The van der Waals surface area contributed by atoms with E-state index in [1.165, 1.54) is 0 Å². The molecule has 0 aliphatic carbocycles. The summed E-state index contributed by atoms with van der Waals surface area (Å²) in [5.41, 5.74) is 0. The fraction of sp³-hybridized carbons (Fsp3) is 0.778. The molecule has 1 unspecified atom stereocenters. The van der Waals surface area contributed by atoms with E-state index < -0.39 is 0 Å². The Morgan fingerprint density at radius 1 is 1.64 bits per heavy atom. The van der Waals surface area contributed by atoms with Crippen LogP contribution in [0, 0.1) is 11.3 Å². The van der Waals surface area contributed by atoms with Crippen molar-refractivity contribution in [3.63, 3.8) is 0 Å². The lowest BCUT2D eigenvalue weighted by atomic mass is 10.2. The molecule has 3 N–H and O–H groups in total. The van der Waals surface area contributed by atoms with Crippen LogP contribution in [0.2, 0.25) is 0 Å². The van der Waals surface area contributed by atoms with E-state index in [0.717, 1.165) is 0 Å². The Morgan fingerprint density at radius 3 is 2.93 bits per heavy atom. The Bertz CT molecular complexity index is 201. The maximum absolute atomic E-state index is 11.1. The molecule has 0 saturated heterocycles. The first-order chi connectivity index (χ1) is 6.70. The zero-order valence-electron chi connectivity index (χ0n) is 8.42. The summed E-state index contributed by atoms with van der Waals surface area (Å²) in [6.07, 6.45) is 0.962. The van der Waals surface area contributed by atoms with E-state index in [1.54, 1.807) is 0 Å². The van der Waals surface area contributed by atoms with Gasteiger partial charge >= 0.3 is 0 Å². The van der Waals surface area contributed by atoms with Crippen molar-refractivity contribution in [1.82, 2.24) is 10.6 Å². The molecule has 0 bridgehead atoms. The fourth-order valence-corrected chi connectivity index (χ4v) is 0.883. The fourth-order valence-electron chi connectivity index (χ4n) is 0.883. The zero-order valence-corrected chi connectivity index (χ0v) is 8.42. The van der Waals surface area contributed by atoms with Gasteiger partial charge in [0, 0.05) is 19.2 Å². The smallest absolute Gasteiger partial charge is 0.233 e. The molecule has 5 heteroatoms. The lowest BCUT2D eigenvalue weighted by Crippen LogP contribution is -2.38. The molecule has 80 valence electrons. The maximum Gasteiger partial charge on any atom is 0.233 e. The Kier molecular flexibility index (Phi) is 7.80. The van der Waals surface area contributed by atoms with E-state index in [9.17, 15) is 4.79 Å². The van der Waals surface area contributed by atoms with Gasteiger partial charge in [-0.2, -0.15) is 5.26 Å². The van der Waals surface area contributed by atoms with Crippen molar-refractivity contribution in [2.75, 3.05) is 19.7 Å². The number of nitriles is 1. The Balaban J connectivity index is 3.39. The Morgan fingerprint density at radius 2 is 2.36 bits per heavy atom. The van der Waals surface area contributed by atoms with E-state index in [2.05, 4.69) is 10.6 Å². The summed E-state index contributed by atoms with van der Waals surface area (Å²) in [5, 5.41) is 22.4. The van der Waals surface area contributed by atoms with E-state index in [1.807, 2.05) is 13.0 Å². The Hall–Kier alpha value is -1.12. The number of rotatable bonds is 7. The molecule has 5 nitrogen and oxygen atoms in total. The highest BCUT2D eigenvalue weighted by molar-refractivity contribution is 5.77. The van der Waals surface area contributed by atoms with Crippen LogP contribution in [0.3, 0.4) is 0 Å². The van der Waals surface area contributed by atoms with Crippen LogP contribution in [0.1, 0.15) is 19.8 Å². The highest BCUT2D eigenvalue weighted by atomic mass is 16.3. The molecule has 0 aromatic carbocycles. The van der Waals surface area contributed by atoms with Crippen molar-refractivity contribution < 1.29 is 9.90 Å². The summed E-state index contributed by atoms with van der Waals surface area (Å²) < 4.78 is 0. The second kappa shape index (κ2) is 8.48. The first-order valence-electron chi connectivity index (χ1n) is 4.68. The van der Waals surface area contributed by atoms with Gasteiger partial charge in [-0.1, -0.05) is 0 Å². The standard InChI is InChI=1S/C9H17N3O2/c1-8(3-6-13)12-7-9(14)11-5-2-4-10/h8,12-13H,2-3,5-7H2,1H3,(H,11,14). The first-order valence-corrected chi connectivity index (χ1v) is 4.68. The normalized spacial score (nSPS) is 11.8. The van der Waals surface area contributed by atoms with Crippen LogP contribution < -0.4 is 10.6 Å². The second-order valence-corrected chi connectivity index (χ2v) is 3.05. The van der Waals surface area contributed by atoms with Crippen molar-refractivity contribution in [3.05, 3.63) is 0 Å². The summed E-state index contributed by atoms with van der Waals surface area (Å²) in [7, 11) is 0. The van der Waals surface area contributed by atoms with Crippen LogP contribution in [-0.2, 0) is 4.79 Å². The molecule has 0 aliphatic heterocycles. The SMILES string of the molecule is CC(CCO)NCC(=O)NCCC#N. The third-order valence-corrected chi connectivity index (χ3v) is 1.73. The van der Waals surface area contributed by atoms with Gasteiger partial charge in [-0.3, -0.25) is 4.79 Å². The molecule has 0 rings (SSSR count). The lowest BCUT2D eigenvalue weighted by molar-refractivity contribution is -0.120. The third-order valence-electron chi connectivity index (χ3n) is 1.73. The van der Waals surface area contributed by atoms with Gasteiger partial charge in [0.1, 0.15) is 0 Å². The molecule has 0 radical (unpaired) electrons. The van der Waals surface area contributed by atoms with Gasteiger partial charge in [-0.15, -0.1) is 0 Å². The number of hydrogen-bond acceptors (Lipinski definition) is 4. The number of carbonyl (C=O) groups is 1. The molecule has 0 fully saturated rings. The average molecular weight is 199 g/mol. The van der Waals surface area contributed by atoms with Crippen LogP contribution >= 0.6 is 0 Å². The van der Waals surface area contributed by atoms with Gasteiger partial charge in [0.2, 0.25) is 5.91 Å². The molecule has 0 spiro atoms. The third kappa shape index (κ3) is 7.53. The molecular weight excluding hydrogens is 182 g/mol. The molecule has 1 amide bonds. The molecule has 1 atom stereocenters. The van der Waals surface area contributed by atoms with E-state index in [0.29, 0.717) is 19.4 Å². The zero-order chi connectivity index (χ0) is 10.8. The number of hydrogen-bond donors (Lipinski definition) is 3. The average Bonchev–Trinajstić information content (AvgIpc) is 2.16.